The fourth-order valence-electron chi connectivity index (χ4n) is 2.79. The van der Waals surface area contributed by atoms with E-state index >= 15 is 0 Å². The average Bonchev–Trinajstić information content (AvgIpc) is 2.97. The maximum Gasteiger partial charge on any atom is 0.248 e. The molecule has 3 aromatic rings. The van der Waals surface area contributed by atoms with E-state index in [0.717, 1.165) is 33.4 Å². The van der Waals surface area contributed by atoms with Crippen molar-refractivity contribution in [2.45, 2.75) is 32.7 Å². The lowest BCUT2D eigenvalue weighted by Crippen LogP contribution is -2.16. The van der Waals surface area contributed by atoms with Gasteiger partial charge in [0.25, 0.3) is 0 Å². The van der Waals surface area contributed by atoms with Crippen molar-refractivity contribution in [3.05, 3.63) is 77.1 Å². The zero-order valence-corrected chi connectivity index (χ0v) is 15.3. The van der Waals surface area contributed by atoms with Gasteiger partial charge in [-0.2, -0.15) is 4.99 Å². The van der Waals surface area contributed by atoms with Crippen molar-refractivity contribution in [3.63, 3.8) is 0 Å². The van der Waals surface area contributed by atoms with Gasteiger partial charge in [0.15, 0.2) is 4.80 Å². The molecule has 0 fully saturated rings. The molecule has 0 spiro atoms. The van der Waals surface area contributed by atoms with E-state index in [1.54, 1.807) is 11.3 Å². The third kappa shape index (κ3) is 4.15. The van der Waals surface area contributed by atoms with Gasteiger partial charge in [0.05, 0.1) is 10.2 Å². The van der Waals surface area contributed by atoms with E-state index in [0.29, 0.717) is 13.0 Å². The van der Waals surface area contributed by atoms with Crippen LogP contribution < -0.4 is 4.80 Å². The molecule has 2 aromatic carbocycles. The number of nitrogens with zero attached hydrogens (tertiary/aromatic N) is 2. The van der Waals surface area contributed by atoms with Crippen molar-refractivity contribution in [1.29, 1.82) is 0 Å². The Morgan fingerprint density at radius 2 is 2.00 bits per heavy atom. The minimum atomic E-state index is -0.0797. The Balaban J connectivity index is 1.90. The maximum absolute atomic E-state index is 12.3. The van der Waals surface area contributed by atoms with Crippen LogP contribution in [0, 0.1) is 0 Å². The highest BCUT2D eigenvalue weighted by Gasteiger charge is 2.08. The summed E-state index contributed by atoms with van der Waals surface area (Å²) in [7, 11) is 0. The van der Waals surface area contributed by atoms with Crippen molar-refractivity contribution >= 4 is 27.5 Å². The highest BCUT2D eigenvalue weighted by atomic mass is 32.1. The number of aromatic nitrogens is 1. The van der Waals surface area contributed by atoms with Gasteiger partial charge in [-0.1, -0.05) is 60.7 Å². The third-order valence-corrected chi connectivity index (χ3v) is 5.20. The summed E-state index contributed by atoms with van der Waals surface area (Å²) in [4.78, 5) is 17.5. The number of allylic oxidation sites excluding steroid dienone is 1. The number of carbonyl (C=O) groups excluding carboxylic acids is 1. The van der Waals surface area contributed by atoms with Crippen LogP contribution in [0.1, 0.15) is 24.5 Å². The zero-order valence-electron chi connectivity index (χ0n) is 14.4. The van der Waals surface area contributed by atoms with Crippen LogP contribution in [0.5, 0.6) is 0 Å². The van der Waals surface area contributed by atoms with E-state index in [4.69, 9.17) is 0 Å². The maximum atomic E-state index is 12.3. The molecule has 0 saturated carbocycles. The number of aryl methyl sites for hydroxylation is 2. The van der Waals surface area contributed by atoms with Gasteiger partial charge in [-0.25, -0.2) is 0 Å². The number of hydrogen-bond acceptors (Lipinski definition) is 2. The molecule has 1 aromatic heterocycles. The number of benzene rings is 2. The summed E-state index contributed by atoms with van der Waals surface area (Å²) in [5, 5.41) is 0. The molecule has 3 nitrogen and oxygen atoms in total. The monoisotopic (exact) mass is 350 g/mol. The third-order valence-electron chi connectivity index (χ3n) is 4.16. The molecule has 1 amide bonds. The number of fused-ring (bicyclic) bond motifs is 1. The van der Waals surface area contributed by atoms with Crippen LogP contribution in [-0.2, 0) is 24.2 Å². The van der Waals surface area contributed by atoms with Crippen LogP contribution in [0.3, 0.4) is 0 Å². The van der Waals surface area contributed by atoms with E-state index in [1.807, 2.05) is 36.4 Å². The number of thiazole rings is 1. The molecule has 0 radical (unpaired) electrons. The first-order chi connectivity index (χ1) is 12.2. The van der Waals surface area contributed by atoms with Gasteiger partial charge in [-0.3, -0.25) is 4.79 Å². The average molecular weight is 350 g/mol. The predicted molar refractivity (Wildman–Crippen MR) is 105 cm³/mol. The topological polar surface area (TPSA) is 34.4 Å². The summed E-state index contributed by atoms with van der Waals surface area (Å²) in [5.74, 6) is -0.0797. The summed E-state index contributed by atoms with van der Waals surface area (Å²) in [6.45, 7) is 6.62. The lowest BCUT2D eigenvalue weighted by Gasteiger charge is -2.02. The summed E-state index contributed by atoms with van der Waals surface area (Å²) in [6, 6.07) is 16.5. The number of amides is 1. The standard InChI is InChI=1S/C21H22N2OS/c1-3-14-23-18-12-10-16(4-2)15-19(18)25-21(23)22-20(24)13-11-17-8-6-5-7-9-17/h3,5-10,12,15H,1,4,11,13-14H2,2H3. The molecule has 0 saturated heterocycles. The summed E-state index contributed by atoms with van der Waals surface area (Å²) in [5.41, 5.74) is 3.56. The summed E-state index contributed by atoms with van der Waals surface area (Å²) < 4.78 is 3.23. The molecule has 1 heterocycles. The highest BCUT2D eigenvalue weighted by Crippen LogP contribution is 2.19. The molecule has 0 N–H and O–H groups in total. The molecule has 3 rings (SSSR count). The number of rotatable bonds is 6. The zero-order chi connectivity index (χ0) is 17.6. The first-order valence-electron chi connectivity index (χ1n) is 8.56. The van der Waals surface area contributed by atoms with Gasteiger partial charge in [0, 0.05) is 13.0 Å². The van der Waals surface area contributed by atoms with Gasteiger partial charge >= 0.3 is 0 Å². The van der Waals surface area contributed by atoms with Gasteiger partial charge in [-0.15, -0.1) is 6.58 Å². The summed E-state index contributed by atoms with van der Waals surface area (Å²) in [6.07, 6.45) is 3.98. The van der Waals surface area contributed by atoms with E-state index in [1.165, 1.54) is 5.56 Å². The quantitative estimate of drug-likeness (QED) is 0.602. The second-order valence-corrected chi connectivity index (χ2v) is 6.94. The first kappa shape index (κ1) is 17.4. The molecule has 0 bridgehead atoms. The van der Waals surface area contributed by atoms with Crippen molar-refractivity contribution in [2.75, 3.05) is 0 Å². The predicted octanol–water partition coefficient (Wildman–Crippen LogP) is 4.51. The van der Waals surface area contributed by atoms with Crippen LogP contribution in [0.15, 0.2) is 66.2 Å². The fraction of sp³-hybridized carbons (Fsp3) is 0.238. The van der Waals surface area contributed by atoms with E-state index < -0.39 is 0 Å². The minimum absolute atomic E-state index is 0.0797. The Morgan fingerprint density at radius 1 is 1.20 bits per heavy atom. The van der Waals surface area contributed by atoms with Crippen LogP contribution in [0.2, 0.25) is 0 Å². The van der Waals surface area contributed by atoms with Crippen LogP contribution in [-0.4, -0.2) is 10.5 Å². The Bertz CT molecular complexity index is 951. The molecular formula is C21H22N2OS. The van der Waals surface area contributed by atoms with E-state index in [9.17, 15) is 4.79 Å². The Labute approximate surface area is 152 Å². The van der Waals surface area contributed by atoms with Crippen LogP contribution >= 0.6 is 11.3 Å². The Hall–Kier alpha value is -2.46. The lowest BCUT2D eigenvalue weighted by molar-refractivity contribution is -0.118. The number of carbonyl (C=O) groups is 1. The normalized spacial score (nSPS) is 11.8. The molecule has 0 aliphatic rings. The smallest absolute Gasteiger partial charge is 0.248 e. The molecule has 128 valence electrons. The van der Waals surface area contributed by atoms with Crippen LogP contribution in [0.25, 0.3) is 10.2 Å². The molecule has 4 heteroatoms. The molecule has 0 aliphatic carbocycles. The molecule has 0 atom stereocenters. The van der Waals surface area contributed by atoms with Crippen molar-refractivity contribution < 1.29 is 4.79 Å². The second-order valence-electron chi connectivity index (χ2n) is 5.93. The van der Waals surface area contributed by atoms with Gasteiger partial charge in [0.1, 0.15) is 0 Å². The Morgan fingerprint density at radius 3 is 2.72 bits per heavy atom. The van der Waals surface area contributed by atoms with E-state index in [-0.39, 0.29) is 5.91 Å². The molecule has 0 aliphatic heterocycles. The van der Waals surface area contributed by atoms with Crippen molar-refractivity contribution in [3.8, 4) is 0 Å². The second kappa shape index (κ2) is 8.08. The van der Waals surface area contributed by atoms with Crippen LogP contribution in [0.4, 0.5) is 0 Å². The lowest BCUT2D eigenvalue weighted by atomic mass is 10.1. The van der Waals surface area contributed by atoms with Gasteiger partial charge in [0.2, 0.25) is 5.91 Å². The first-order valence-corrected chi connectivity index (χ1v) is 9.37. The van der Waals surface area contributed by atoms with Gasteiger partial charge < -0.3 is 4.57 Å². The van der Waals surface area contributed by atoms with Gasteiger partial charge in [-0.05, 0) is 36.1 Å². The molecular weight excluding hydrogens is 328 g/mol. The fourth-order valence-corrected chi connectivity index (χ4v) is 3.91. The minimum Gasteiger partial charge on any atom is -0.313 e. The Kier molecular flexibility index (Phi) is 5.61. The highest BCUT2D eigenvalue weighted by molar-refractivity contribution is 7.16. The SMILES string of the molecule is C=CCn1c(=NC(=O)CCc2ccccc2)sc2cc(CC)ccc21. The molecule has 0 unspecified atom stereocenters. The van der Waals surface area contributed by atoms with E-state index in [2.05, 4.69) is 41.3 Å². The molecule has 25 heavy (non-hydrogen) atoms. The largest absolute Gasteiger partial charge is 0.313 e. The summed E-state index contributed by atoms with van der Waals surface area (Å²) >= 11 is 1.57. The van der Waals surface area contributed by atoms with Crippen molar-refractivity contribution in [1.82, 2.24) is 4.57 Å². The van der Waals surface area contributed by atoms with Crippen molar-refractivity contribution in [2.24, 2.45) is 4.99 Å². The number of hydrogen-bond donors (Lipinski definition) is 0.